The lowest BCUT2D eigenvalue weighted by molar-refractivity contribution is -0.119. The number of anilines is 2. The van der Waals surface area contributed by atoms with Crippen LogP contribution in [0.3, 0.4) is 0 Å². The van der Waals surface area contributed by atoms with Crippen LogP contribution in [0.15, 0.2) is 64.2 Å². The summed E-state index contributed by atoms with van der Waals surface area (Å²) in [5.74, 6) is -1.27. The predicted molar refractivity (Wildman–Crippen MR) is 119 cm³/mol. The Kier molecular flexibility index (Phi) is 6.06. The molecule has 1 amide bonds. The molecule has 0 spiro atoms. The number of para-hydroxylation sites is 1. The van der Waals surface area contributed by atoms with E-state index in [1.807, 2.05) is 18.2 Å². The number of esters is 1. The van der Waals surface area contributed by atoms with Gasteiger partial charge in [0, 0.05) is 5.69 Å². The summed E-state index contributed by atoms with van der Waals surface area (Å²) in [5.41, 5.74) is 3.28. The van der Waals surface area contributed by atoms with E-state index in [2.05, 4.69) is 10.0 Å². The van der Waals surface area contributed by atoms with Crippen molar-refractivity contribution in [2.75, 3.05) is 16.6 Å². The molecule has 1 aliphatic rings. The molecule has 4 rings (SSSR count). The highest BCUT2D eigenvalue weighted by Gasteiger charge is 2.21. The summed E-state index contributed by atoms with van der Waals surface area (Å²) in [5, 5.41) is 4.37. The number of thiophene rings is 1. The van der Waals surface area contributed by atoms with Crippen molar-refractivity contribution in [3.05, 3.63) is 76.7 Å². The van der Waals surface area contributed by atoms with Crippen molar-refractivity contribution in [2.24, 2.45) is 0 Å². The van der Waals surface area contributed by atoms with Crippen molar-refractivity contribution < 1.29 is 22.7 Å². The van der Waals surface area contributed by atoms with Gasteiger partial charge in [-0.3, -0.25) is 9.52 Å². The van der Waals surface area contributed by atoms with Crippen LogP contribution in [0.4, 0.5) is 11.4 Å². The van der Waals surface area contributed by atoms with Gasteiger partial charge in [-0.05, 0) is 66.1 Å². The fourth-order valence-electron chi connectivity index (χ4n) is 3.42. The van der Waals surface area contributed by atoms with Crippen LogP contribution in [0.1, 0.15) is 27.9 Å². The molecule has 160 valence electrons. The van der Waals surface area contributed by atoms with Crippen molar-refractivity contribution >= 4 is 44.6 Å². The van der Waals surface area contributed by atoms with E-state index in [9.17, 15) is 18.0 Å². The molecular weight excluding hydrogens is 436 g/mol. The SMILES string of the molecule is O=C(COC(=O)c1ccccc1NS(=O)(=O)c1cccs1)Nc1ccc2c(c1)CCC2. The van der Waals surface area contributed by atoms with Crippen LogP contribution in [0, 0.1) is 0 Å². The molecule has 1 aromatic heterocycles. The van der Waals surface area contributed by atoms with E-state index in [-0.39, 0.29) is 15.5 Å². The van der Waals surface area contributed by atoms with Crippen LogP contribution in [-0.2, 0) is 32.4 Å². The number of nitrogens with one attached hydrogen (secondary N) is 2. The Bertz CT molecular complexity index is 1220. The van der Waals surface area contributed by atoms with Gasteiger partial charge in [-0.25, -0.2) is 13.2 Å². The van der Waals surface area contributed by atoms with Gasteiger partial charge < -0.3 is 10.1 Å². The summed E-state index contributed by atoms with van der Waals surface area (Å²) < 4.78 is 32.6. The van der Waals surface area contributed by atoms with Gasteiger partial charge in [0.1, 0.15) is 4.21 Å². The van der Waals surface area contributed by atoms with Crippen LogP contribution < -0.4 is 10.0 Å². The number of fused-ring (bicyclic) bond motifs is 1. The molecule has 3 aromatic rings. The Hall–Kier alpha value is -3.17. The molecule has 1 aliphatic carbocycles. The Balaban J connectivity index is 1.39. The lowest BCUT2D eigenvalue weighted by atomic mass is 10.1. The second kappa shape index (κ2) is 8.91. The maximum Gasteiger partial charge on any atom is 0.340 e. The number of carbonyl (C=O) groups excluding carboxylic acids is 2. The third-order valence-corrected chi connectivity index (χ3v) is 7.63. The molecule has 31 heavy (non-hydrogen) atoms. The number of sulfonamides is 1. The quantitative estimate of drug-likeness (QED) is 0.526. The molecule has 0 fully saturated rings. The maximum atomic E-state index is 12.5. The number of hydrogen-bond acceptors (Lipinski definition) is 6. The van der Waals surface area contributed by atoms with Gasteiger partial charge in [0.25, 0.3) is 15.9 Å². The Morgan fingerprint density at radius 3 is 2.61 bits per heavy atom. The first-order valence-corrected chi connectivity index (χ1v) is 12.0. The van der Waals surface area contributed by atoms with E-state index in [0.717, 1.165) is 30.6 Å². The average Bonchev–Trinajstić information content (AvgIpc) is 3.44. The smallest absolute Gasteiger partial charge is 0.340 e. The number of aryl methyl sites for hydroxylation is 2. The molecule has 0 radical (unpaired) electrons. The van der Waals surface area contributed by atoms with Crippen molar-refractivity contribution in [2.45, 2.75) is 23.5 Å². The predicted octanol–water partition coefficient (Wildman–Crippen LogP) is 3.83. The summed E-state index contributed by atoms with van der Waals surface area (Å²) in [4.78, 5) is 24.7. The molecule has 1 heterocycles. The molecule has 0 atom stereocenters. The molecule has 2 N–H and O–H groups in total. The van der Waals surface area contributed by atoms with Gasteiger partial charge >= 0.3 is 5.97 Å². The first-order valence-electron chi connectivity index (χ1n) is 9.66. The van der Waals surface area contributed by atoms with Crippen molar-refractivity contribution in [3.63, 3.8) is 0 Å². The maximum absolute atomic E-state index is 12.5. The molecule has 9 heteroatoms. The number of hydrogen-bond donors (Lipinski definition) is 2. The first-order chi connectivity index (χ1) is 14.9. The van der Waals surface area contributed by atoms with Gasteiger partial charge in [0.2, 0.25) is 0 Å². The van der Waals surface area contributed by atoms with E-state index in [1.54, 1.807) is 23.6 Å². The van der Waals surface area contributed by atoms with Gasteiger partial charge in [-0.2, -0.15) is 0 Å². The van der Waals surface area contributed by atoms with Gasteiger partial charge in [0.05, 0.1) is 11.3 Å². The molecule has 0 saturated heterocycles. The summed E-state index contributed by atoms with van der Waals surface area (Å²) in [7, 11) is -3.82. The second-order valence-corrected chi connectivity index (χ2v) is 9.90. The highest BCUT2D eigenvalue weighted by Crippen LogP contribution is 2.25. The van der Waals surface area contributed by atoms with Crippen molar-refractivity contribution in [1.82, 2.24) is 0 Å². The zero-order valence-corrected chi connectivity index (χ0v) is 18.1. The molecule has 0 saturated carbocycles. The average molecular weight is 457 g/mol. The Labute approximate surface area is 184 Å². The van der Waals surface area contributed by atoms with E-state index >= 15 is 0 Å². The molecule has 2 aromatic carbocycles. The van der Waals surface area contributed by atoms with Crippen molar-refractivity contribution in [3.8, 4) is 0 Å². The number of amides is 1. The Morgan fingerprint density at radius 1 is 1.00 bits per heavy atom. The Morgan fingerprint density at radius 2 is 1.81 bits per heavy atom. The summed E-state index contributed by atoms with van der Waals surface area (Å²) in [6.07, 6.45) is 3.16. The lowest BCUT2D eigenvalue weighted by Gasteiger charge is -2.12. The minimum Gasteiger partial charge on any atom is -0.452 e. The first kappa shape index (κ1) is 21.1. The van der Waals surface area contributed by atoms with Crippen LogP contribution >= 0.6 is 11.3 Å². The molecular formula is C22H20N2O5S2. The van der Waals surface area contributed by atoms with E-state index in [1.165, 1.54) is 29.3 Å². The monoisotopic (exact) mass is 456 g/mol. The van der Waals surface area contributed by atoms with E-state index in [0.29, 0.717) is 5.69 Å². The number of ether oxygens (including phenoxy) is 1. The normalized spacial score (nSPS) is 12.8. The molecule has 7 nitrogen and oxygen atoms in total. The van der Waals surface area contributed by atoms with E-state index in [4.69, 9.17) is 4.74 Å². The third-order valence-electron chi connectivity index (χ3n) is 4.87. The molecule has 0 bridgehead atoms. The fraction of sp³-hybridized carbons (Fsp3) is 0.182. The molecule has 0 unspecified atom stereocenters. The van der Waals surface area contributed by atoms with Crippen LogP contribution in [0.5, 0.6) is 0 Å². The highest BCUT2D eigenvalue weighted by molar-refractivity contribution is 7.94. The topological polar surface area (TPSA) is 102 Å². The van der Waals surface area contributed by atoms with Crippen LogP contribution in [0.25, 0.3) is 0 Å². The standard InChI is InChI=1S/C22H20N2O5S2/c25-20(23-17-11-10-15-5-3-6-16(15)13-17)14-29-22(26)18-7-1-2-8-19(18)24-31(27,28)21-9-4-12-30-21/h1-2,4,7-13,24H,3,5-6,14H2,(H,23,25). The van der Waals surface area contributed by atoms with Gasteiger partial charge in [0.15, 0.2) is 6.61 Å². The van der Waals surface area contributed by atoms with E-state index < -0.39 is 28.5 Å². The van der Waals surface area contributed by atoms with Crippen LogP contribution in [-0.4, -0.2) is 26.9 Å². The summed E-state index contributed by atoms with van der Waals surface area (Å²) >= 11 is 1.07. The zero-order chi connectivity index (χ0) is 21.8. The highest BCUT2D eigenvalue weighted by atomic mass is 32.2. The summed E-state index contributed by atoms with van der Waals surface area (Å²) in [6, 6.07) is 15.0. The minimum absolute atomic E-state index is 0.0213. The largest absolute Gasteiger partial charge is 0.452 e. The van der Waals surface area contributed by atoms with Crippen molar-refractivity contribution in [1.29, 1.82) is 0 Å². The minimum atomic E-state index is -3.82. The zero-order valence-electron chi connectivity index (χ0n) is 16.5. The molecule has 0 aliphatic heterocycles. The van der Waals surface area contributed by atoms with Gasteiger partial charge in [-0.1, -0.05) is 24.3 Å². The van der Waals surface area contributed by atoms with Gasteiger partial charge in [-0.15, -0.1) is 11.3 Å². The summed E-state index contributed by atoms with van der Waals surface area (Å²) in [6.45, 7) is -0.484. The van der Waals surface area contributed by atoms with Crippen LogP contribution in [0.2, 0.25) is 0 Å². The number of rotatable bonds is 7. The fourth-order valence-corrected chi connectivity index (χ4v) is 5.49. The lowest BCUT2D eigenvalue weighted by Crippen LogP contribution is -2.22. The number of carbonyl (C=O) groups is 2. The third kappa shape index (κ3) is 4.95. The number of benzene rings is 2. The second-order valence-electron chi connectivity index (χ2n) is 7.04.